The molecule has 0 aliphatic carbocycles. The van der Waals surface area contributed by atoms with E-state index in [4.69, 9.17) is 9.47 Å². The molecule has 0 saturated carbocycles. The standard InChI is InChI=1S/C22H26N4O3S/c1-4-5-14-29-19-10-6-16(7-11-19)21-24-25-22(26(21)2)30-15-20(27)23-17-8-12-18(28-3)13-9-17/h6-13H,4-5,14-15H2,1-3H3,(H,23,27). The highest BCUT2D eigenvalue weighted by molar-refractivity contribution is 7.99. The van der Waals surface area contributed by atoms with Crippen LogP contribution in [0.25, 0.3) is 11.4 Å². The first-order valence-corrected chi connectivity index (χ1v) is 10.8. The van der Waals surface area contributed by atoms with Crippen molar-refractivity contribution in [3.63, 3.8) is 0 Å². The van der Waals surface area contributed by atoms with Crippen LogP contribution >= 0.6 is 11.8 Å². The molecule has 0 atom stereocenters. The molecule has 30 heavy (non-hydrogen) atoms. The summed E-state index contributed by atoms with van der Waals surface area (Å²) in [4.78, 5) is 12.2. The van der Waals surface area contributed by atoms with Gasteiger partial charge in [-0.1, -0.05) is 25.1 Å². The summed E-state index contributed by atoms with van der Waals surface area (Å²) in [6, 6.07) is 15.0. The summed E-state index contributed by atoms with van der Waals surface area (Å²) in [7, 11) is 3.50. The average molecular weight is 427 g/mol. The molecule has 1 aromatic heterocycles. The Balaban J connectivity index is 1.56. The lowest BCUT2D eigenvalue weighted by Crippen LogP contribution is -2.14. The van der Waals surface area contributed by atoms with Crippen LogP contribution in [0.3, 0.4) is 0 Å². The van der Waals surface area contributed by atoms with Crippen LogP contribution in [0.4, 0.5) is 5.69 Å². The number of benzene rings is 2. The van der Waals surface area contributed by atoms with E-state index in [1.165, 1.54) is 11.8 Å². The van der Waals surface area contributed by atoms with Crippen molar-refractivity contribution >= 4 is 23.4 Å². The SMILES string of the molecule is CCCCOc1ccc(-c2nnc(SCC(=O)Nc3ccc(OC)cc3)n2C)cc1. The van der Waals surface area contributed by atoms with Crippen molar-refractivity contribution in [3.05, 3.63) is 48.5 Å². The van der Waals surface area contributed by atoms with Gasteiger partial charge in [-0.3, -0.25) is 4.79 Å². The number of ether oxygens (including phenoxy) is 2. The normalized spacial score (nSPS) is 10.6. The largest absolute Gasteiger partial charge is 0.497 e. The minimum atomic E-state index is -0.108. The molecule has 3 rings (SSSR count). The van der Waals surface area contributed by atoms with Crippen LogP contribution in [0.15, 0.2) is 53.7 Å². The number of nitrogens with one attached hydrogen (secondary N) is 1. The molecular weight excluding hydrogens is 400 g/mol. The number of thioether (sulfide) groups is 1. The Hall–Kier alpha value is -3.00. The second kappa shape index (κ2) is 10.7. The van der Waals surface area contributed by atoms with Crippen molar-refractivity contribution in [2.75, 3.05) is 24.8 Å². The molecule has 0 unspecified atom stereocenters. The smallest absolute Gasteiger partial charge is 0.234 e. The van der Waals surface area contributed by atoms with E-state index in [0.29, 0.717) is 5.16 Å². The molecular formula is C22H26N4O3S. The van der Waals surface area contributed by atoms with Crippen LogP contribution in [0.5, 0.6) is 11.5 Å². The number of rotatable bonds is 10. The number of unbranched alkanes of at least 4 members (excludes halogenated alkanes) is 1. The van der Waals surface area contributed by atoms with Gasteiger partial charge < -0.3 is 19.4 Å². The van der Waals surface area contributed by atoms with Gasteiger partial charge in [0.25, 0.3) is 0 Å². The predicted octanol–water partition coefficient (Wildman–Crippen LogP) is 4.40. The highest BCUT2D eigenvalue weighted by Gasteiger charge is 2.13. The topological polar surface area (TPSA) is 78.3 Å². The van der Waals surface area contributed by atoms with Gasteiger partial charge in [0.1, 0.15) is 11.5 Å². The molecule has 2 aromatic carbocycles. The minimum Gasteiger partial charge on any atom is -0.497 e. The Kier molecular flexibility index (Phi) is 7.73. The molecule has 3 aromatic rings. The highest BCUT2D eigenvalue weighted by atomic mass is 32.2. The van der Waals surface area contributed by atoms with Crippen molar-refractivity contribution in [2.45, 2.75) is 24.9 Å². The fraction of sp³-hybridized carbons (Fsp3) is 0.318. The fourth-order valence-corrected chi connectivity index (χ4v) is 3.44. The maximum atomic E-state index is 12.2. The van der Waals surface area contributed by atoms with E-state index in [-0.39, 0.29) is 11.7 Å². The molecule has 0 aliphatic heterocycles. The van der Waals surface area contributed by atoms with Crippen molar-refractivity contribution in [3.8, 4) is 22.9 Å². The summed E-state index contributed by atoms with van der Waals surface area (Å²) in [5, 5.41) is 12.0. The highest BCUT2D eigenvalue weighted by Crippen LogP contribution is 2.25. The third-order valence-corrected chi connectivity index (χ3v) is 5.44. The number of hydrogen-bond donors (Lipinski definition) is 1. The number of carbonyl (C=O) groups is 1. The van der Waals surface area contributed by atoms with Gasteiger partial charge in [0.15, 0.2) is 11.0 Å². The van der Waals surface area contributed by atoms with E-state index < -0.39 is 0 Å². The van der Waals surface area contributed by atoms with E-state index in [9.17, 15) is 4.79 Å². The molecule has 0 radical (unpaired) electrons. The number of carbonyl (C=O) groups excluding carboxylic acids is 1. The zero-order chi connectivity index (χ0) is 21.3. The van der Waals surface area contributed by atoms with Crippen LogP contribution in [0.1, 0.15) is 19.8 Å². The first kappa shape index (κ1) is 21.7. The zero-order valence-corrected chi connectivity index (χ0v) is 18.2. The molecule has 0 fully saturated rings. The maximum absolute atomic E-state index is 12.2. The number of methoxy groups -OCH3 is 1. The van der Waals surface area contributed by atoms with Gasteiger partial charge in [-0.25, -0.2) is 0 Å². The fourth-order valence-electron chi connectivity index (χ4n) is 2.73. The summed E-state index contributed by atoms with van der Waals surface area (Å²) in [6.07, 6.45) is 2.15. The lowest BCUT2D eigenvalue weighted by atomic mass is 10.2. The van der Waals surface area contributed by atoms with Gasteiger partial charge in [-0.15, -0.1) is 10.2 Å². The van der Waals surface area contributed by atoms with Crippen LogP contribution < -0.4 is 14.8 Å². The van der Waals surface area contributed by atoms with Crippen molar-refractivity contribution in [1.29, 1.82) is 0 Å². The van der Waals surface area contributed by atoms with Crippen molar-refractivity contribution in [2.24, 2.45) is 7.05 Å². The Morgan fingerprint density at radius 1 is 1.07 bits per heavy atom. The van der Waals surface area contributed by atoms with Gasteiger partial charge in [0.05, 0.1) is 19.5 Å². The number of nitrogens with zero attached hydrogens (tertiary/aromatic N) is 3. The predicted molar refractivity (Wildman–Crippen MR) is 119 cm³/mol. The third kappa shape index (κ3) is 5.76. The van der Waals surface area contributed by atoms with Gasteiger partial charge >= 0.3 is 0 Å². The number of anilines is 1. The van der Waals surface area contributed by atoms with Crippen LogP contribution in [-0.2, 0) is 11.8 Å². The quantitative estimate of drug-likeness (QED) is 0.382. The second-order valence-electron chi connectivity index (χ2n) is 6.66. The Labute approximate surface area is 180 Å². The summed E-state index contributed by atoms with van der Waals surface area (Å²) in [6.45, 7) is 2.86. The van der Waals surface area contributed by atoms with E-state index in [2.05, 4.69) is 22.4 Å². The monoisotopic (exact) mass is 426 g/mol. The zero-order valence-electron chi connectivity index (χ0n) is 17.4. The summed E-state index contributed by atoms with van der Waals surface area (Å²) in [5.41, 5.74) is 1.67. The summed E-state index contributed by atoms with van der Waals surface area (Å²) < 4.78 is 12.7. The molecule has 0 bridgehead atoms. The third-order valence-electron chi connectivity index (χ3n) is 4.42. The van der Waals surface area contributed by atoms with E-state index >= 15 is 0 Å². The van der Waals surface area contributed by atoms with Gasteiger partial charge in [0.2, 0.25) is 5.91 Å². The second-order valence-corrected chi connectivity index (χ2v) is 7.60. The molecule has 0 spiro atoms. The van der Waals surface area contributed by atoms with E-state index in [1.807, 2.05) is 35.9 Å². The molecule has 7 nitrogen and oxygen atoms in total. The van der Waals surface area contributed by atoms with Gasteiger partial charge in [0, 0.05) is 18.3 Å². The average Bonchev–Trinajstić information content (AvgIpc) is 3.14. The molecule has 0 saturated heterocycles. The van der Waals surface area contributed by atoms with Gasteiger partial charge in [-0.05, 0) is 55.0 Å². The van der Waals surface area contributed by atoms with Crippen molar-refractivity contribution in [1.82, 2.24) is 14.8 Å². The van der Waals surface area contributed by atoms with E-state index in [0.717, 1.165) is 48.0 Å². The van der Waals surface area contributed by atoms with Crippen LogP contribution in [0.2, 0.25) is 0 Å². The Morgan fingerprint density at radius 3 is 2.43 bits per heavy atom. The van der Waals surface area contributed by atoms with Crippen LogP contribution in [0, 0.1) is 0 Å². The minimum absolute atomic E-state index is 0.108. The molecule has 1 amide bonds. The lowest BCUT2D eigenvalue weighted by molar-refractivity contribution is -0.113. The molecule has 1 heterocycles. The molecule has 1 N–H and O–H groups in total. The number of amides is 1. The van der Waals surface area contributed by atoms with Crippen LogP contribution in [-0.4, -0.2) is 40.1 Å². The molecule has 158 valence electrons. The summed E-state index contributed by atoms with van der Waals surface area (Å²) in [5.74, 6) is 2.47. The summed E-state index contributed by atoms with van der Waals surface area (Å²) >= 11 is 1.34. The Bertz CT molecular complexity index is 956. The first-order chi connectivity index (χ1) is 14.6. The molecule has 0 aliphatic rings. The van der Waals surface area contributed by atoms with Crippen molar-refractivity contribution < 1.29 is 14.3 Å². The first-order valence-electron chi connectivity index (χ1n) is 9.80. The van der Waals surface area contributed by atoms with Gasteiger partial charge in [-0.2, -0.15) is 0 Å². The number of aromatic nitrogens is 3. The van der Waals surface area contributed by atoms with E-state index in [1.54, 1.807) is 31.4 Å². The number of hydrogen-bond acceptors (Lipinski definition) is 6. The molecule has 8 heteroatoms. The lowest BCUT2D eigenvalue weighted by Gasteiger charge is -2.07. The maximum Gasteiger partial charge on any atom is 0.234 e. The Morgan fingerprint density at radius 2 is 1.77 bits per heavy atom.